The first-order chi connectivity index (χ1) is 11.7. The lowest BCUT2D eigenvalue weighted by molar-refractivity contribution is -0.0604. The summed E-state index contributed by atoms with van der Waals surface area (Å²) in [6.07, 6.45) is 4.50. The van der Waals surface area contributed by atoms with Gasteiger partial charge < -0.3 is 4.84 Å². The lowest BCUT2D eigenvalue weighted by Crippen LogP contribution is -2.30. The molecule has 2 amide bonds. The van der Waals surface area contributed by atoms with E-state index in [9.17, 15) is 9.59 Å². The molecule has 1 aliphatic heterocycles. The zero-order valence-corrected chi connectivity index (χ0v) is 13.1. The van der Waals surface area contributed by atoms with Crippen LogP contribution in [0.4, 0.5) is 0 Å². The maximum absolute atomic E-state index is 12.3. The number of fused-ring (bicyclic) bond motifs is 1. The number of imide groups is 1. The third-order valence-electron chi connectivity index (χ3n) is 4.61. The molecular formula is C20H17NO3. The van der Waals surface area contributed by atoms with Gasteiger partial charge >= 0.3 is 0 Å². The molecule has 0 radical (unpaired) electrons. The van der Waals surface area contributed by atoms with E-state index in [0.717, 1.165) is 17.9 Å². The molecule has 1 atom stereocenters. The summed E-state index contributed by atoms with van der Waals surface area (Å²) in [6.45, 7) is 0. The molecule has 0 bridgehead atoms. The fraction of sp³-hybridized carbons (Fsp3) is 0.200. The minimum absolute atomic E-state index is 0.387. The van der Waals surface area contributed by atoms with Crippen LogP contribution in [-0.4, -0.2) is 16.9 Å². The Bertz CT molecular complexity index is 791. The second-order valence-corrected chi connectivity index (χ2v) is 6.09. The zero-order valence-electron chi connectivity index (χ0n) is 13.1. The van der Waals surface area contributed by atoms with Crippen LogP contribution < -0.4 is 0 Å². The second-order valence-electron chi connectivity index (χ2n) is 6.09. The van der Waals surface area contributed by atoms with Crippen LogP contribution in [-0.2, 0) is 4.84 Å². The standard InChI is InChI=1S/C20H17NO3/c22-19-17-8-4-5-9-18(17)20(23)21(19)24-16-12-10-15(11-13-16)14-6-2-1-3-7-14/h1-9,12,15H,10-11,13H2. The molecule has 0 spiro atoms. The van der Waals surface area contributed by atoms with Gasteiger partial charge in [-0.3, -0.25) is 9.59 Å². The number of rotatable bonds is 3. The molecule has 24 heavy (non-hydrogen) atoms. The first kappa shape index (κ1) is 14.7. The molecule has 0 saturated heterocycles. The molecule has 120 valence electrons. The van der Waals surface area contributed by atoms with Crippen LogP contribution in [0.15, 0.2) is 66.4 Å². The predicted octanol–water partition coefficient (Wildman–Crippen LogP) is 4.07. The quantitative estimate of drug-likeness (QED) is 0.801. The second kappa shape index (κ2) is 5.96. The summed E-state index contributed by atoms with van der Waals surface area (Å²) in [6, 6.07) is 17.2. The average molecular weight is 319 g/mol. The molecule has 4 rings (SSSR count). The molecule has 4 nitrogen and oxygen atoms in total. The molecule has 0 saturated carbocycles. The van der Waals surface area contributed by atoms with E-state index >= 15 is 0 Å². The van der Waals surface area contributed by atoms with Crippen molar-refractivity contribution in [1.29, 1.82) is 0 Å². The van der Waals surface area contributed by atoms with E-state index in [1.165, 1.54) is 5.56 Å². The third-order valence-corrected chi connectivity index (χ3v) is 4.61. The Morgan fingerprint density at radius 1 is 0.875 bits per heavy atom. The van der Waals surface area contributed by atoms with Crippen molar-refractivity contribution < 1.29 is 14.4 Å². The summed E-state index contributed by atoms with van der Waals surface area (Å²) in [4.78, 5) is 30.3. The van der Waals surface area contributed by atoms with Gasteiger partial charge in [0.1, 0.15) is 5.76 Å². The van der Waals surface area contributed by atoms with Crippen LogP contribution in [0, 0.1) is 0 Å². The molecule has 2 aromatic rings. The van der Waals surface area contributed by atoms with Crippen molar-refractivity contribution in [2.75, 3.05) is 0 Å². The minimum Gasteiger partial charge on any atom is -0.373 e. The smallest absolute Gasteiger partial charge is 0.295 e. The molecule has 4 heteroatoms. The Hall–Kier alpha value is -2.88. The van der Waals surface area contributed by atoms with Crippen molar-refractivity contribution in [3.63, 3.8) is 0 Å². The van der Waals surface area contributed by atoms with Crippen molar-refractivity contribution >= 4 is 11.8 Å². The van der Waals surface area contributed by atoms with Crippen molar-refractivity contribution in [1.82, 2.24) is 5.06 Å². The van der Waals surface area contributed by atoms with Crippen molar-refractivity contribution in [2.24, 2.45) is 0 Å². The fourth-order valence-electron chi connectivity index (χ4n) is 3.29. The van der Waals surface area contributed by atoms with Gasteiger partial charge in [0.25, 0.3) is 11.8 Å². The lowest BCUT2D eigenvalue weighted by atomic mass is 9.87. The number of amides is 2. The van der Waals surface area contributed by atoms with Gasteiger partial charge in [-0.2, -0.15) is 0 Å². The molecule has 1 unspecified atom stereocenters. The number of hydroxylamine groups is 2. The Morgan fingerprint density at radius 3 is 2.08 bits per heavy atom. The average Bonchev–Trinajstić information content (AvgIpc) is 2.88. The van der Waals surface area contributed by atoms with E-state index in [0.29, 0.717) is 29.2 Å². The topological polar surface area (TPSA) is 46.6 Å². The van der Waals surface area contributed by atoms with Gasteiger partial charge in [0.05, 0.1) is 11.1 Å². The zero-order chi connectivity index (χ0) is 16.5. The number of nitrogens with zero attached hydrogens (tertiary/aromatic N) is 1. The first-order valence-corrected chi connectivity index (χ1v) is 8.14. The van der Waals surface area contributed by atoms with Crippen molar-refractivity contribution in [3.05, 3.63) is 83.1 Å². The maximum Gasteiger partial charge on any atom is 0.295 e. The predicted molar refractivity (Wildman–Crippen MR) is 89.1 cm³/mol. The Balaban J connectivity index is 1.47. The van der Waals surface area contributed by atoms with E-state index in [4.69, 9.17) is 4.84 Å². The summed E-state index contributed by atoms with van der Waals surface area (Å²) in [7, 11) is 0. The van der Waals surface area contributed by atoms with Gasteiger partial charge in [0.15, 0.2) is 0 Å². The van der Waals surface area contributed by atoms with E-state index in [-0.39, 0.29) is 11.8 Å². The lowest BCUT2D eigenvalue weighted by Gasteiger charge is -2.24. The monoisotopic (exact) mass is 319 g/mol. The van der Waals surface area contributed by atoms with Crippen LogP contribution in [0.5, 0.6) is 0 Å². The number of benzene rings is 2. The van der Waals surface area contributed by atoms with E-state index in [2.05, 4.69) is 12.1 Å². The summed E-state index contributed by atoms with van der Waals surface area (Å²) in [5.74, 6) is 0.376. The summed E-state index contributed by atoms with van der Waals surface area (Å²) in [5.41, 5.74) is 2.12. The number of hydrogen-bond acceptors (Lipinski definition) is 3. The molecule has 2 aromatic carbocycles. The first-order valence-electron chi connectivity index (χ1n) is 8.14. The Kier molecular flexibility index (Phi) is 3.65. The van der Waals surface area contributed by atoms with Gasteiger partial charge in [-0.15, -0.1) is 0 Å². The highest BCUT2D eigenvalue weighted by molar-refractivity contribution is 6.20. The summed E-state index contributed by atoms with van der Waals surface area (Å²) in [5, 5.41) is 0.888. The van der Waals surface area contributed by atoms with E-state index in [1.807, 2.05) is 24.3 Å². The number of allylic oxidation sites excluding steroid dienone is 2. The highest BCUT2D eigenvalue weighted by Gasteiger charge is 2.38. The molecule has 1 aliphatic carbocycles. The largest absolute Gasteiger partial charge is 0.373 e. The molecule has 0 aromatic heterocycles. The van der Waals surface area contributed by atoms with Gasteiger partial charge in [-0.1, -0.05) is 47.5 Å². The van der Waals surface area contributed by atoms with Crippen molar-refractivity contribution in [3.8, 4) is 0 Å². The molecule has 0 N–H and O–H groups in total. The highest BCUT2D eigenvalue weighted by atomic mass is 16.7. The number of carbonyl (C=O) groups is 2. The number of hydrogen-bond donors (Lipinski definition) is 0. The fourth-order valence-corrected chi connectivity index (χ4v) is 3.29. The normalized spacial score (nSPS) is 19.9. The third kappa shape index (κ3) is 2.50. The van der Waals surface area contributed by atoms with Crippen LogP contribution in [0.1, 0.15) is 51.5 Å². The molecular weight excluding hydrogens is 302 g/mol. The van der Waals surface area contributed by atoms with E-state index in [1.54, 1.807) is 24.3 Å². The van der Waals surface area contributed by atoms with Gasteiger partial charge in [-0.05, 0) is 42.5 Å². The van der Waals surface area contributed by atoms with Gasteiger partial charge in [0, 0.05) is 6.42 Å². The van der Waals surface area contributed by atoms with Gasteiger partial charge in [0.2, 0.25) is 0 Å². The highest BCUT2D eigenvalue weighted by Crippen LogP contribution is 2.33. The van der Waals surface area contributed by atoms with Crippen LogP contribution >= 0.6 is 0 Å². The number of carbonyl (C=O) groups excluding carboxylic acids is 2. The van der Waals surface area contributed by atoms with Crippen LogP contribution in [0.25, 0.3) is 0 Å². The van der Waals surface area contributed by atoms with Gasteiger partial charge in [-0.25, -0.2) is 0 Å². The summed E-state index contributed by atoms with van der Waals surface area (Å²) >= 11 is 0. The van der Waals surface area contributed by atoms with Crippen LogP contribution in [0.2, 0.25) is 0 Å². The Morgan fingerprint density at radius 2 is 1.50 bits per heavy atom. The molecule has 0 fully saturated rings. The van der Waals surface area contributed by atoms with Crippen molar-refractivity contribution in [2.45, 2.75) is 25.2 Å². The maximum atomic E-state index is 12.3. The van der Waals surface area contributed by atoms with E-state index < -0.39 is 0 Å². The Labute approximate surface area is 140 Å². The molecule has 2 aliphatic rings. The summed E-state index contributed by atoms with van der Waals surface area (Å²) < 4.78 is 0. The SMILES string of the molecule is O=C1c2ccccc2C(=O)N1OC1=CCC(c2ccccc2)CC1. The van der Waals surface area contributed by atoms with Crippen LogP contribution in [0.3, 0.4) is 0 Å². The minimum atomic E-state index is -0.387. The molecule has 1 heterocycles.